The Morgan fingerprint density at radius 3 is 2.45 bits per heavy atom. The summed E-state index contributed by atoms with van der Waals surface area (Å²) in [4.78, 5) is 23.4. The van der Waals surface area contributed by atoms with Gasteiger partial charge in [-0.05, 0) is 54.4 Å². The Morgan fingerprint density at radius 1 is 0.966 bits per heavy atom. The Labute approximate surface area is 169 Å². The largest absolute Gasteiger partial charge is 0.372 e. The molecule has 4 rings (SSSR count). The number of anilines is 4. The molecule has 0 fully saturated rings. The van der Waals surface area contributed by atoms with Crippen LogP contribution in [-0.2, 0) is 18.0 Å². The van der Waals surface area contributed by atoms with Crippen LogP contribution in [0.5, 0.6) is 0 Å². The topological polar surface area (TPSA) is 79.4 Å². The molecule has 0 aliphatic carbocycles. The highest BCUT2D eigenvalue weighted by Crippen LogP contribution is 2.22. The number of hydrogen-bond donors (Lipinski definition) is 2. The molecule has 3 aromatic rings. The summed E-state index contributed by atoms with van der Waals surface area (Å²) in [6, 6.07) is 15.1. The van der Waals surface area contributed by atoms with Crippen molar-refractivity contribution in [1.29, 1.82) is 0 Å². The highest BCUT2D eigenvalue weighted by atomic mass is 16.5. The van der Waals surface area contributed by atoms with E-state index in [-0.39, 0.29) is 5.91 Å². The second-order valence-corrected chi connectivity index (χ2v) is 7.22. The Bertz CT molecular complexity index is 1050. The van der Waals surface area contributed by atoms with Crippen molar-refractivity contribution in [1.82, 2.24) is 9.97 Å². The summed E-state index contributed by atoms with van der Waals surface area (Å²) in [6.07, 6.45) is 0. The van der Waals surface area contributed by atoms with Gasteiger partial charge >= 0.3 is 0 Å². The van der Waals surface area contributed by atoms with Gasteiger partial charge in [0.2, 0.25) is 5.95 Å². The third kappa shape index (κ3) is 4.35. The number of rotatable bonds is 5. The van der Waals surface area contributed by atoms with Gasteiger partial charge in [-0.25, -0.2) is 4.98 Å². The minimum Gasteiger partial charge on any atom is -0.372 e. The summed E-state index contributed by atoms with van der Waals surface area (Å²) < 4.78 is 5.41. The average molecular weight is 389 g/mol. The Kier molecular flexibility index (Phi) is 5.14. The minimum atomic E-state index is -0.141. The van der Waals surface area contributed by atoms with Gasteiger partial charge in [-0.15, -0.1) is 0 Å². The second-order valence-electron chi connectivity index (χ2n) is 7.22. The summed E-state index contributed by atoms with van der Waals surface area (Å²) in [5.41, 5.74) is 5.29. The van der Waals surface area contributed by atoms with E-state index >= 15 is 0 Å². The van der Waals surface area contributed by atoms with Gasteiger partial charge in [-0.3, -0.25) is 4.79 Å². The molecule has 0 radical (unpaired) electrons. The van der Waals surface area contributed by atoms with Crippen LogP contribution in [0.3, 0.4) is 0 Å². The van der Waals surface area contributed by atoms with Crippen LogP contribution in [-0.4, -0.2) is 30.0 Å². The minimum absolute atomic E-state index is 0.141. The monoisotopic (exact) mass is 389 g/mol. The van der Waals surface area contributed by atoms with Crippen molar-refractivity contribution < 1.29 is 9.53 Å². The van der Waals surface area contributed by atoms with Crippen molar-refractivity contribution in [2.24, 2.45) is 0 Å². The first-order chi connectivity index (χ1) is 14.0. The molecule has 7 nitrogen and oxygen atoms in total. The van der Waals surface area contributed by atoms with Crippen molar-refractivity contribution in [3.05, 3.63) is 70.9 Å². The van der Waals surface area contributed by atoms with Gasteiger partial charge in [-0.1, -0.05) is 6.07 Å². The number of aryl methyl sites for hydroxylation is 1. The maximum Gasteiger partial charge on any atom is 0.255 e. The van der Waals surface area contributed by atoms with E-state index in [0.29, 0.717) is 24.7 Å². The van der Waals surface area contributed by atoms with Gasteiger partial charge in [0.15, 0.2) is 0 Å². The molecule has 0 saturated carbocycles. The van der Waals surface area contributed by atoms with E-state index in [1.165, 1.54) is 0 Å². The first-order valence-electron chi connectivity index (χ1n) is 9.39. The number of hydrogen-bond acceptors (Lipinski definition) is 6. The lowest BCUT2D eigenvalue weighted by molar-refractivity contribution is 0.102. The fraction of sp³-hybridized carbons (Fsp3) is 0.227. The van der Waals surface area contributed by atoms with Crippen LogP contribution in [0.2, 0.25) is 0 Å². The molecule has 0 spiro atoms. The van der Waals surface area contributed by atoms with Crippen LogP contribution in [0.1, 0.15) is 27.2 Å². The number of benzene rings is 2. The lowest BCUT2D eigenvalue weighted by Crippen LogP contribution is -2.13. The van der Waals surface area contributed by atoms with Crippen molar-refractivity contribution in [3.8, 4) is 0 Å². The highest BCUT2D eigenvalue weighted by molar-refractivity contribution is 6.04. The normalized spacial score (nSPS) is 12.4. The molecular formula is C22H23N5O2. The van der Waals surface area contributed by atoms with E-state index in [9.17, 15) is 4.79 Å². The van der Waals surface area contributed by atoms with Crippen LogP contribution in [0, 0.1) is 6.92 Å². The Morgan fingerprint density at radius 2 is 1.69 bits per heavy atom. The summed E-state index contributed by atoms with van der Waals surface area (Å²) in [7, 11) is 3.88. The standard InChI is InChI=1S/C22H23N5O2/c1-14-10-20(27(2)3)26-22(23-14)25-19-8-6-18(7-9-19)24-21(28)15-4-5-16-12-29-13-17(16)11-15/h4-11H,12-13H2,1-3H3,(H,24,28)(H,23,25,26). The van der Waals surface area contributed by atoms with Crippen molar-refractivity contribution in [2.75, 3.05) is 29.6 Å². The number of carbonyl (C=O) groups excluding carboxylic acids is 1. The van der Waals surface area contributed by atoms with Gasteiger partial charge < -0.3 is 20.3 Å². The average Bonchev–Trinajstić information content (AvgIpc) is 3.17. The maximum atomic E-state index is 12.5. The van der Waals surface area contributed by atoms with Crippen LogP contribution < -0.4 is 15.5 Å². The molecular weight excluding hydrogens is 366 g/mol. The molecule has 1 aromatic heterocycles. The quantitative estimate of drug-likeness (QED) is 0.689. The zero-order valence-electron chi connectivity index (χ0n) is 16.7. The van der Waals surface area contributed by atoms with E-state index < -0.39 is 0 Å². The van der Waals surface area contributed by atoms with Crippen molar-refractivity contribution in [2.45, 2.75) is 20.1 Å². The van der Waals surface area contributed by atoms with Crippen molar-refractivity contribution in [3.63, 3.8) is 0 Å². The molecule has 2 N–H and O–H groups in total. The molecule has 0 unspecified atom stereocenters. The van der Waals surface area contributed by atoms with E-state index in [4.69, 9.17) is 4.74 Å². The maximum absolute atomic E-state index is 12.5. The fourth-order valence-corrected chi connectivity index (χ4v) is 3.12. The first-order valence-corrected chi connectivity index (χ1v) is 9.39. The van der Waals surface area contributed by atoms with Gasteiger partial charge in [0.1, 0.15) is 5.82 Å². The SMILES string of the molecule is Cc1cc(N(C)C)nc(Nc2ccc(NC(=O)c3ccc4c(c3)COC4)cc2)n1. The number of nitrogens with zero attached hydrogens (tertiary/aromatic N) is 3. The van der Waals surface area contributed by atoms with Gasteiger partial charge in [-0.2, -0.15) is 4.98 Å². The van der Waals surface area contributed by atoms with Crippen LogP contribution >= 0.6 is 0 Å². The predicted molar refractivity (Wildman–Crippen MR) is 114 cm³/mol. The number of aromatic nitrogens is 2. The van der Waals surface area contributed by atoms with Crippen LogP contribution in [0.25, 0.3) is 0 Å². The van der Waals surface area contributed by atoms with E-state index in [0.717, 1.165) is 34.0 Å². The second kappa shape index (κ2) is 7.89. The zero-order chi connectivity index (χ0) is 20.4. The molecule has 1 aliphatic rings. The summed E-state index contributed by atoms with van der Waals surface area (Å²) in [5.74, 6) is 1.23. The van der Waals surface area contributed by atoms with Crippen LogP contribution in [0.4, 0.5) is 23.1 Å². The number of amides is 1. The van der Waals surface area contributed by atoms with E-state index in [2.05, 4.69) is 20.6 Å². The summed E-state index contributed by atoms with van der Waals surface area (Å²) in [6.45, 7) is 3.11. The van der Waals surface area contributed by atoms with Gasteiger partial charge in [0.25, 0.3) is 5.91 Å². The fourth-order valence-electron chi connectivity index (χ4n) is 3.12. The smallest absolute Gasteiger partial charge is 0.255 e. The summed E-state index contributed by atoms with van der Waals surface area (Å²) >= 11 is 0. The van der Waals surface area contributed by atoms with Gasteiger partial charge in [0, 0.05) is 42.8 Å². The van der Waals surface area contributed by atoms with E-state index in [1.807, 2.05) is 74.4 Å². The lowest BCUT2D eigenvalue weighted by Gasteiger charge is -2.14. The molecule has 0 atom stereocenters. The Hall–Kier alpha value is -3.45. The number of fused-ring (bicyclic) bond motifs is 1. The molecule has 2 aromatic carbocycles. The lowest BCUT2D eigenvalue weighted by atomic mass is 10.1. The number of ether oxygens (including phenoxy) is 1. The molecule has 1 aliphatic heterocycles. The highest BCUT2D eigenvalue weighted by Gasteiger charge is 2.14. The molecule has 29 heavy (non-hydrogen) atoms. The zero-order valence-corrected chi connectivity index (χ0v) is 16.7. The molecule has 2 heterocycles. The van der Waals surface area contributed by atoms with E-state index in [1.54, 1.807) is 0 Å². The van der Waals surface area contributed by atoms with Gasteiger partial charge in [0.05, 0.1) is 13.2 Å². The first kappa shape index (κ1) is 18.9. The Balaban J connectivity index is 1.43. The molecule has 7 heteroatoms. The third-order valence-corrected chi connectivity index (χ3v) is 4.68. The molecule has 148 valence electrons. The predicted octanol–water partition coefficient (Wildman–Crippen LogP) is 3.88. The number of nitrogens with one attached hydrogen (secondary N) is 2. The molecule has 0 saturated heterocycles. The molecule has 1 amide bonds. The summed E-state index contributed by atoms with van der Waals surface area (Å²) in [5, 5.41) is 6.13. The number of carbonyl (C=O) groups is 1. The van der Waals surface area contributed by atoms with Crippen LogP contribution in [0.15, 0.2) is 48.5 Å². The molecule has 0 bridgehead atoms. The van der Waals surface area contributed by atoms with Crippen molar-refractivity contribution >= 4 is 29.0 Å². The third-order valence-electron chi connectivity index (χ3n) is 4.68.